The van der Waals surface area contributed by atoms with Crippen LogP contribution in [0.1, 0.15) is 30.1 Å². The van der Waals surface area contributed by atoms with Gasteiger partial charge in [-0.15, -0.1) is 5.10 Å². The number of halogens is 2. The van der Waals surface area contributed by atoms with Crippen molar-refractivity contribution in [3.05, 3.63) is 57.8 Å². The number of rotatable bonds is 4. The molecule has 1 fully saturated rings. The molecule has 1 aliphatic heterocycles. The first-order chi connectivity index (χ1) is 13.0. The van der Waals surface area contributed by atoms with Crippen molar-refractivity contribution in [2.24, 2.45) is 7.05 Å². The molecule has 2 aromatic heterocycles. The second-order valence-corrected chi connectivity index (χ2v) is 6.47. The lowest BCUT2D eigenvalue weighted by molar-refractivity contribution is 0.0831. The van der Waals surface area contributed by atoms with Gasteiger partial charge in [-0.3, -0.25) is 9.36 Å². The van der Waals surface area contributed by atoms with E-state index >= 15 is 0 Å². The van der Waals surface area contributed by atoms with Crippen molar-refractivity contribution in [2.75, 3.05) is 13.2 Å². The van der Waals surface area contributed by atoms with E-state index < -0.39 is 11.5 Å². The summed E-state index contributed by atoms with van der Waals surface area (Å²) in [7, 11) is 1.45. The van der Waals surface area contributed by atoms with Crippen LogP contribution < -0.4 is 10.3 Å². The maximum absolute atomic E-state index is 14.3. The summed E-state index contributed by atoms with van der Waals surface area (Å²) in [5.41, 5.74) is -0.0669. The molecule has 0 N–H and O–H groups in total. The van der Waals surface area contributed by atoms with Gasteiger partial charge in [0.2, 0.25) is 5.95 Å². The van der Waals surface area contributed by atoms with Gasteiger partial charge in [-0.05, 0) is 30.5 Å². The average Bonchev–Trinajstić information content (AvgIpc) is 3.02. The molecule has 1 aromatic carbocycles. The first-order valence-electron chi connectivity index (χ1n) is 8.64. The van der Waals surface area contributed by atoms with E-state index in [1.165, 1.54) is 23.7 Å². The van der Waals surface area contributed by atoms with Crippen molar-refractivity contribution in [3.8, 4) is 6.01 Å². The summed E-state index contributed by atoms with van der Waals surface area (Å²) in [6.07, 6.45) is 1.36. The molecule has 0 bridgehead atoms. The van der Waals surface area contributed by atoms with E-state index in [4.69, 9.17) is 9.47 Å². The van der Waals surface area contributed by atoms with Crippen molar-refractivity contribution in [1.82, 2.24) is 19.2 Å². The largest absolute Gasteiger partial charge is 0.459 e. The number of nitrogens with zero attached hydrogens (tertiary/aromatic N) is 4. The molecule has 3 aromatic rings. The molecule has 0 spiro atoms. The van der Waals surface area contributed by atoms with E-state index in [1.54, 1.807) is 12.1 Å². The second-order valence-electron chi connectivity index (χ2n) is 6.47. The molecule has 1 aliphatic rings. The first kappa shape index (κ1) is 17.6. The fourth-order valence-electron chi connectivity index (χ4n) is 3.16. The van der Waals surface area contributed by atoms with E-state index in [0.29, 0.717) is 37.4 Å². The number of ether oxygens (including phenoxy) is 2. The van der Waals surface area contributed by atoms with Crippen molar-refractivity contribution < 1.29 is 18.3 Å². The smallest absolute Gasteiger partial charge is 0.317 e. The van der Waals surface area contributed by atoms with Crippen molar-refractivity contribution in [2.45, 2.75) is 25.4 Å². The Hall–Kier alpha value is -2.81. The minimum absolute atomic E-state index is 0.0301. The van der Waals surface area contributed by atoms with Crippen molar-refractivity contribution in [1.29, 1.82) is 0 Å². The standard InChI is InChI=1S/C18H18F2N4O3/c1-23-17(25)14-15(20)21-16(12-6-8-26-9-7-12)24(14)22-18(23)27-10-11-2-4-13(19)5-3-11/h2-5,12H,6-10H2,1H3. The normalized spacial score (nSPS) is 15.4. The Bertz CT molecular complexity index is 1020. The third kappa shape index (κ3) is 3.30. The number of hydrogen-bond donors (Lipinski definition) is 0. The third-order valence-corrected chi connectivity index (χ3v) is 4.68. The Labute approximate surface area is 153 Å². The van der Waals surface area contributed by atoms with E-state index in [1.807, 2.05) is 0 Å². The lowest BCUT2D eigenvalue weighted by atomic mass is 10.00. The Balaban J connectivity index is 1.71. The molecule has 0 radical (unpaired) electrons. The van der Waals surface area contributed by atoms with Crippen LogP contribution in [0.2, 0.25) is 0 Å². The van der Waals surface area contributed by atoms with Gasteiger partial charge in [-0.1, -0.05) is 12.1 Å². The molecule has 0 atom stereocenters. The summed E-state index contributed by atoms with van der Waals surface area (Å²) in [6, 6.07) is 5.83. The van der Waals surface area contributed by atoms with Crippen molar-refractivity contribution in [3.63, 3.8) is 0 Å². The predicted molar refractivity (Wildman–Crippen MR) is 91.7 cm³/mol. The predicted octanol–water partition coefficient (Wildman–Crippen LogP) is 2.18. The quantitative estimate of drug-likeness (QED) is 0.698. The number of fused-ring (bicyclic) bond motifs is 1. The Kier molecular flexibility index (Phi) is 4.61. The van der Waals surface area contributed by atoms with Gasteiger partial charge >= 0.3 is 6.01 Å². The van der Waals surface area contributed by atoms with E-state index in [-0.39, 0.29) is 29.9 Å². The zero-order valence-electron chi connectivity index (χ0n) is 14.7. The van der Waals surface area contributed by atoms with Gasteiger partial charge in [-0.2, -0.15) is 4.39 Å². The van der Waals surface area contributed by atoms with Crippen LogP contribution in [0.15, 0.2) is 29.1 Å². The van der Waals surface area contributed by atoms with E-state index in [2.05, 4.69) is 10.1 Å². The van der Waals surface area contributed by atoms with Crippen LogP contribution in [0, 0.1) is 11.8 Å². The first-order valence-corrected chi connectivity index (χ1v) is 8.64. The monoisotopic (exact) mass is 376 g/mol. The molecule has 0 saturated carbocycles. The molecular weight excluding hydrogens is 358 g/mol. The van der Waals surface area contributed by atoms with Crippen LogP contribution in [0.3, 0.4) is 0 Å². The summed E-state index contributed by atoms with van der Waals surface area (Å²) in [5.74, 6) is -0.828. The molecule has 9 heteroatoms. The molecular formula is C18H18F2N4O3. The van der Waals surface area contributed by atoms with Gasteiger partial charge in [0, 0.05) is 26.2 Å². The summed E-state index contributed by atoms with van der Waals surface area (Å²) in [4.78, 5) is 16.5. The molecule has 3 heterocycles. The maximum Gasteiger partial charge on any atom is 0.317 e. The molecule has 0 unspecified atom stereocenters. The molecule has 1 saturated heterocycles. The molecule has 7 nitrogen and oxygen atoms in total. The zero-order valence-corrected chi connectivity index (χ0v) is 14.7. The van der Waals surface area contributed by atoms with Crippen LogP contribution in [-0.4, -0.2) is 32.4 Å². The van der Waals surface area contributed by atoms with Crippen LogP contribution in [0.25, 0.3) is 5.52 Å². The highest BCUT2D eigenvalue weighted by molar-refractivity contribution is 5.45. The van der Waals surface area contributed by atoms with Gasteiger partial charge in [-0.25, -0.2) is 13.9 Å². The highest BCUT2D eigenvalue weighted by atomic mass is 19.1. The van der Waals surface area contributed by atoms with Crippen LogP contribution >= 0.6 is 0 Å². The summed E-state index contributed by atoms with van der Waals surface area (Å²) in [5, 5.41) is 4.30. The topological polar surface area (TPSA) is 70.7 Å². The van der Waals surface area contributed by atoms with Gasteiger partial charge in [0.15, 0.2) is 5.52 Å². The number of imidazole rings is 1. The highest BCUT2D eigenvalue weighted by Gasteiger charge is 2.26. The maximum atomic E-state index is 14.3. The van der Waals surface area contributed by atoms with Crippen LogP contribution in [-0.2, 0) is 18.4 Å². The lowest BCUT2D eigenvalue weighted by Crippen LogP contribution is -2.25. The van der Waals surface area contributed by atoms with Crippen LogP contribution in [0.4, 0.5) is 8.78 Å². The van der Waals surface area contributed by atoms with Gasteiger partial charge in [0.05, 0.1) is 0 Å². The van der Waals surface area contributed by atoms with Crippen molar-refractivity contribution >= 4 is 5.52 Å². The fourth-order valence-corrected chi connectivity index (χ4v) is 3.16. The molecule has 142 valence electrons. The summed E-state index contributed by atoms with van der Waals surface area (Å²) in [6.45, 7) is 1.20. The van der Waals surface area contributed by atoms with Gasteiger partial charge in [0.25, 0.3) is 5.56 Å². The molecule has 27 heavy (non-hydrogen) atoms. The number of aromatic nitrogens is 4. The number of benzene rings is 1. The Morgan fingerprint density at radius 2 is 1.93 bits per heavy atom. The zero-order chi connectivity index (χ0) is 19.0. The molecule has 0 amide bonds. The Morgan fingerprint density at radius 3 is 2.63 bits per heavy atom. The Morgan fingerprint density at radius 1 is 1.22 bits per heavy atom. The minimum atomic E-state index is -0.838. The van der Waals surface area contributed by atoms with E-state index in [0.717, 1.165) is 4.57 Å². The summed E-state index contributed by atoms with van der Waals surface area (Å²) < 4.78 is 40.7. The minimum Gasteiger partial charge on any atom is -0.459 e. The SMILES string of the molecule is Cn1c(OCc2ccc(F)cc2)nn2c(C3CCOCC3)nc(F)c2c1=O. The number of hydrogen-bond acceptors (Lipinski definition) is 5. The second kappa shape index (κ2) is 7.07. The molecule has 4 rings (SSSR count). The highest BCUT2D eigenvalue weighted by Crippen LogP contribution is 2.27. The summed E-state index contributed by atoms with van der Waals surface area (Å²) >= 11 is 0. The lowest BCUT2D eigenvalue weighted by Gasteiger charge is -2.20. The average molecular weight is 376 g/mol. The van der Waals surface area contributed by atoms with Gasteiger partial charge in [0.1, 0.15) is 18.2 Å². The third-order valence-electron chi connectivity index (χ3n) is 4.68. The molecule has 0 aliphatic carbocycles. The fraction of sp³-hybridized carbons (Fsp3) is 0.389. The van der Waals surface area contributed by atoms with Crippen LogP contribution in [0.5, 0.6) is 6.01 Å². The van der Waals surface area contributed by atoms with Gasteiger partial charge < -0.3 is 9.47 Å². The van der Waals surface area contributed by atoms with E-state index in [9.17, 15) is 13.6 Å².